The molecule has 0 aliphatic carbocycles. The molecule has 174 valence electrons. The van der Waals surface area contributed by atoms with E-state index in [0.717, 1.165) is 21.9 Å². The summed E-state index contributed by atoms with van der Waals surface area (Å²) in [6.07, 6.45) is 1.51. The maximum Gasteiger partial charge on any atom is 0.266 e. The Kier molecular flexibility index (Phi) is 7.35. The molecule has 0 saturated heterocycles. The fraction of sp³-hybridized carbons (Fsp3) is 0.103. The molecule has 0 saturated carbocycles. The van der Waals surface area contributed by atoms with E-state index in [1.165, 1.54) is 6.08 Å². The van der Waals surface area contributed by atoms with Crippen molar-refractivity contribution in [1.29, 1.82) is 5.26 Å². The second-order valence-electron chi connectivity index (χ2n) is 7.91. The monoisotopic (exact) mass is 482 g/mol. The zero-order valence-corrected chi connectivity index (χ0v) is 20.1. The van der Waals surface area contributed by atoms with Crippen LogP contribution in [0.5, 0.6) is 11.5 Å². The number of carbonyl (C=O) groups is 1. The van der Waals surface area contributed by atoms with Gasteiger partial charge in [0.15, 0.2) is 11.5 Å². The molecule has 5 nitrogen and oxygen atoms in total. The molecule has 0 bridgehead atoms. The average Bonchev–Trinajstić information content (AvgIpc) is 2.88. The molecule has 0 aliphatic rings. The Morgan fingerprint density at radius 2 is 1.80 bits per heavy atom. The second kappa shape index (κ2) is 10.8. The Hall–Kier alpha value is -4.27. The molecule has 0 unspecified atom stereocenters. The van der Waals surface area contributed by atoms with E-state index in [9.17, 15) is 10.1 Å². The summed E-state index contributed by atoms with van der Waals surface area (Å²) in [5.74, 6) is 0.564. The molecule has 0 aliphatic heterocycles. The minimum absolute atomic E-state index is 0.0398. The minimum Gasteiger partial charge on any atom is -0.493 e. The van der Waals surface area contributed by atoms with Gasteiger partial charge in [-0.05, 0) is 71.3 Å². The van der Waals surface area contributed by atoms with Crippen molar-refractivity contribution >= 4 is 40.0 Å². The number of halogens is 1. The normalized spacial score (nSPS) is 11.1. The van der Waals surface area contributed by atoms with Gasteiger partial charge in [0.1, 0.15) is 18.2 Å². The molecule has 4 aromatic rings. The molecule has 4 rings (SSSR count). The lowest BCUT2D eigenvalue weighted by Gasteiger charge is -2.14. The maximum atomic E-state index is 12.6. The fourth-order valence-corrected chi connectivity index (χ4v) is 3.85. The quantitative estimate of drug-likeness (QED) is 0.229. The number of nitriles is 1. The number of rotatable bonds is 7. The van der Waals surface area contributed by atoms with E-state index in [1.54, 1.807) is 49.6 Å². The third-order valence-corrected chi connectivity index (χ3v) is 5.86. The second-order valence-corrected chi connectivity index (χ2v) is 8.35. The number of anilines is 1. The van der Waals surface area contributed by atoms with Gasteiger partial charge in [-0.3, -0.25) is 4.79 Å². The van der Waals surface area contributed by atoms with Crippen LogP contribution in [0.3, 0.4) is 0 Å². The summed E-state index contributed by atoms with van der Waals surface area (Å²) >= 11 is 5.88. The number of methoxy groups -OCH3 is 1. The summed E-state index contributed by atoms with van der Waals surface area (Å²) < 4.78 is 11.6. The van der Waals surface area contributed by atoms with E-state index in [4.69, 9.17) is 21.1 Å². The number of hydrogen-bond donors (Lipinski definition) is 1. The summed E-state index contributed by atoms with van der Waals surface area (Å²) in [5.41, 5.74) is 3.40. The predicted molar refractivity (Wildman–Crippen MR) is 140 cm³/mol. The van der Waals surface area contributed by atoms with E-state index in [0.29, 0.717) is 34.4 Å². The first-order valence-corrected chi connectivity index (χ1v) is 11.3. The summed E-state index contributed by atoms with van der Waals surface area (Å²) in [5, 5.41) is 15.1. The Bertz CT molecular complexity index is 1450. The van der Waals surface area contributed by atoms with Gasteiger partial charge in [0.05, 0.1) is 7.11 Å². The first-order valence-electron chi connectivity index (χ1n) is 11.0. The SMILES string of the molecule is COc1cc(/C=C(\C#N)C(=O)Nc2ccc(Cl)cc2)ccc1OCc1c(C)ccc2ccccc12. The van der Waals surface area contributed by atoms with Crippen molar-refractivity contribution in [3.8, 4) is 17.6 Å². The van der Waals surface area contributed by atoms with Crippen LogP contribution in [0, 0.1) is 18.3 Å². The summed E-state index contributed by atoms with van der Waals surface area (Å²) in [4.78, 5) is 12.6. The molecule has 4 aromatic carbocycles. The highest BCUT2D eigenvalue weighted by Gasteiger charge is 2.12. The van der Waals surface area contributed by atoms with Gasteiger partial charge in [-0.2, -0.15) is 5.26 Å². The smallest absolute Gasteiger partial charge is 0.266 e. The van der Waals surface area contributed by atoms with Gasteiger partial charge in [0, 0.05) is 16.3 Å². The summed E-state index contributed by atoms with van der Waals surface area (Å²) in [7, 11) is 1.55. The zero-order valence-electron chi connectivity index (χ0n) is 19.3. The molecule has 6 heteroatoms. The number of nitrogens with one attached hydrogen (secondary N) is 1. The lowest BCUT2D eigenvalue weighted by molar-refractivity contribution is -0.112. The maximum absolute atomic E-state index is 12.6. The van der Waals surface area contributed by atoms with Crippen molar-refractivity contribution in [1.82, 2.24) is 0 Å². The Labute approximate surface area is 209 Å². The van der Waals surface area contributed by atoms with Gasteiger partial charge < -0.3 is 14.8 Å². The molecule has 1 amide bonds. The van der Waals surface area contributed by atoms with Crippen molar-refractivity contribution in [3.63, 3.8) is 0 Å². The topological polar surface area (TPSA) is 71.3 Å². The molecule has 0 radical (unpaired) electrons. The largest absolute Gasteiger partial charge is 0.493 e. The van der Waals surface area contributed by atoms with Crippen LogP contribution in [-0.4, -0.2) is 13.0 Å². The third-order valence-electron chi connectivity index (χ3n) is 5.61. The summed E-state index contributed by atoms with van der Waals surface area (Å²) in [6, 6.07) is 26.3. The Balaban J connectivity index is 1.53. The Morgan fingerprint density at radius 1 is 1.03 bits per heavy atom. The first kappa shape index (κ1) is 23.9. The number of fused-ring (bicyclic) bond motifs is 1. The number of benzene rings is 4. The van der Waals surface area contributed by atoms with E-state index in [-0.39, 0.29) is 5.57 Å². The lowest BCUT2D eigenvalue weighted by Crippen LogP contribution is -2.13. The van der Waals surface area contributed by atoms with Gasteiger partial charge in [0.25, 0.3) is 5.91 Å². The van der Waals surface area contributed by atoms with Crippen molar-refractivity contribution in [3.05, 3.63) is 106 Å². The van der Waals surface area contributed by atoms with Crippen LogP contribution < -0.4 is 14.8 Å². The molecule has 0 heterocycles. The lowest BCUT2D eigenvalue weighted by atomic mass is 10.0. The number of carbonyl (C=O) groups excluding carboxylic acids is 1. The average molecular weight is 483 g/mol. The van der Waals surface area contributed by atoms with Gasteiger partial charge >= 0.3 is 0 Å². The van der Waals surface area contributed by atoms with Crippen LogP contribution in [0.4, 0.5) is 5.69 Å². The number of hydrogen-bond acceptors (Lipinski definition) is 4. The molecule has 35 heavy (non-hydrogen) atoms. The molecule has 1 N–H and O–H groups in total. The third kappa shape index (κ3) is 5.63. The van der Waals surface area contributed by atoms with Crippen LogP contribution in [0.25, 0.3) is 16.8 Å². The van der Waals surface area contributed by atoms with Gasteiger partial charge in [0.2, 0.25) is 0 Å². The molecule has 0 fully saturated rings. The van der Waals surface area contributed by atoms with Gasteiger partial charge in [-0.15, -0.1) is 0 Å². The number of ether oxygens (including phenoxy) is 2. The highest BCUT2D eigenvalue weighted by atomic mass is 35.5. The molecule has 0 spiro atoms. The van der Waals surface area contributed by atoms with E-state index >= 15 is 0 Å². The minimum atomic E-state index is -0.513. The number of aryl methyl sites for hydroxylation is 1. The Morgan fingerprint density at radius 3 is 2.54 bits per heavy atom. The van der Waals surface area contributed by atoms with Crippen LogP contribution in [0.1, 0.15) is 16.7 Å². The molecule has 0 atom stereocenters. The number of nitrogens with zero attached hydrogens (tertiary/aromatic N) is 1. The predicted octanol–water partition coefficient (Wildman–Crippen LogP) is 6.93. The van der Waals surface area contributed by atoms with Crippen molar-refractivity contribution in [2.24, 2.45) is 0 Å². The van der Waals surface area contributed by atoms with Crippen molar-refractivity contribution < 1.29 is 14.3 Å². The molecule has 0 aromatic heterocycles. The van der Waals surface area contributed by atoms with Crippen molar-refractivity contribution in [2.75, 3.05) is 12.4 Å². The van der Waals surface area contributed by atoms with Gasteiger partial charge in [-0.25, -0.2) is 0 Å². The van der Waals surface area contributed by atoms with Crippen molar-refractivity contribution in [2.45, 2.75) is 13.5 Å². The van der Waals surface area contributed by atoms with Crippen LogP contribution >= 0.6 is 11.6 Å². The fourth-order valence-electron chi connectivity index (χ4n) is 3.73. The van der Waals surface area contributed by atoms with E-state index < -0.39 is 5.91 Å². The van der Waals surface area contributed by atoms with Crippen LogP contribution in [0.2, 0.25) is 5.02 Å². The highest BCUT2D eigenvalue weighted by Crippen LogP contribution is 2.31. The molecular weight excluding hydrogens is 460 g/mol. The van der Waals surface area contributed by atoms with E-state index in [2.05, 4.69) is 36.5 Å². The number of amides is 1. The first-order chi connectivity index (χ1) is 17.0. The van der Waals surface area contributed by atoms with Crippen LogP contribution in [0.15, 0.2) is 84.4 Å². The standard InChI is InChI=1S/C29H23ClN2O3/c1-19-7-9-21-5-3-4-6-25(21)26(19)18-35-27-14-8-20(16-28(27)34-2)15-22(17-31)29(33)32-24-12-10-23(30)11-13-24/h3-16H,18H2,1-2H3,(H,32,33)/b22-15+. The highest BCUT2D eigenvalue weighted by molar-refractivity contribution is 6.30. The summed E-state index contributed by atoms with van der Waals surface area (Å²) in [6.45, 7) is 2.44. The van der Waals surface area contributed by atoms with E-state index in [1.807, 2.05) is 18.2 Å². The van der Waals surface area contributed by atoms with Gasteiger partial charge in [-0.1, -0.05) is 54.1 Å². The van der Waals surface area contributed by atoms with Crippen LogP contribution in [-0.2, 0) is 11.4 Å². The molecular formula is C29H23ClN2O3. The zero-order chi connectivity index (χ0) is 24.8.